The van der Waals surface area contributed by atoms with Crippen molar-refractivity contribution >= 4 is 23.4 Å². The summed E-state index contributed by atoms with van der Waals surface area (Å²) in [5.74, 6) is -0.494. The largest absolute Gasteiger partial charge is 0.459 e. The maximum absolute atomic E-state index is 12.2. The molecule has 0 aliphatic rings. The van der Waals surface area contributed by atoms with E-state index in [1.54, 1.807) is 36.4 Å². The van der Waals surface area contributed by atoms with Gasteiger partial charge in [0.1, 0.15) is 0 Å². The zero-order valence-electron chi connectivity index (χ0n) is 16.6. The minimum Gasteiger partial charge on any atom is -0.459 e. The summed E-state index contributed by atoms with van der Waals surface area (Å²) in [6.45, 7) is 2.54. The average molecular weight is 405 g/mol. The van der Waals surface area contributed by atoms with Crippen LogP contribution in [0.3, 0.4) is 0 Å². The summed E-state index contributed by atoms with van der Waals surface area (Å²) in [4.78, 5) is 36.1. The van der Waals surface area contributed by atoms with Gasteiger partial charge in [0.2, 0.25) is 5.91 Å². The predicted octanol–water partition coefficient (Wildman–Crippen LogP) is 2.93. The second-order valence-corrected chi connectivity index (χ2v) is 6.78. The first-order valence-electron chi connectivity index (χ1n) is 9.56. The van der Waals surface area contributed by atoms with E-state index in [1.807, 2.05) is 31.2 Å². The zero-order chi connectivity index (χ0) is 21.3. The van der Waals surface area contributed by atoms with E-state index in [0.717, 1.165) is 11.1 Å². The molecule has 0 aliphatic carbocycles. The van der Waals surface area contributed by atoms with Gasteiger partial charge in [0.25, 0.3) is 11.8 Å². The number of anilines is 1. The third kappa shape index (κ3) is 6.07. The fourth-order valence-corrected chi connectivity index (χ4v) is 2.87. The van der Waals surface area contributed by atoms with Crippen LogP contribution in [0.4, 0.5) is 5.69 Å². The van der Waals surface area contributed by atoms with Gasteiger partial charge in [0.15, 0.2) is 5.76 Å². The molecule has 0 unspecified atom stereocenters. The molecule has 7 nitrogen and oxygen atoms in total. The monoisotopic (exact) mass is 405 g/mol. The first-order chi connectivity index (χ1) is 14.5. The van der Waals surface area contributed by atoms with Crippen molar-refractivity contribution < 1.29 is 18.8 Å². The van der Waals surface area contributed by atoms with Crippen LogP contribution in [0, 0.1) is 6.92 Å². The highest BCUT2D eigenvalue weighted by Gasteiger charge is 2.09. The van der Waals surface area contributed by atoms with E-state index in [2.05, 4.69) is 16.0 Å². The molecule has 0 bridgehead atoms. The minimum absolute atomic E-state index is 0.120. The molecule has 30 heavy (non-hydrogen) atoms. The molecular weight excluding hydrogens is 382 g/mol. The number of furan rings is 1. The summed E-state index contributed by atoms with van der Waals surface area (Å²) < 4.78 is 4.99. The van der Waals surface area contributed by atoms with Gasteiger partial charge in [-0.15, -0.1) is 0 Å². The number of hydrogen-bond donors (Lipinski definition) is 3. The highest BCUT2D eigenvalue weighted by Crippen LogP contribution is 2.11. The van der Waals surface area contributed by atoms with E-state index in [0.29, 0.717) is 11.3 Å². The summed E-state index contributed by atoms with van der Waals surface area (Å²) >= 11 is 0. The molecule has 1 heterocycles. The lowest BCUT2D eigenvalue weighted by Crippen LogP contribution is -2.34. The van der Waals surface area contributed by atoms with Crippen molar-refractivity contribution in [3.63, 3.8) is 0 Å². The van der Waals surface area contributed by atoms with E-state index in [9.17, 15) is 14.4 Å². The quantitative estimate of drug-likeness (QED) is 0.502. The van der Waals surface area contributed by atoms with E-state index in [4.69, 9.17) is 4.42 Å². The topological polar surface area (TPSA) is 100 Å². The second-order valence-electron chi connectivity index (χ2n) is 6.78. The van der Waals surface area contributed by atoms with E-state index < -0.39 is 0 Å². The van der Waals surface area contributed by atoms with Gasteiger partial charge in [-0.1, -0.05) is 29.8 Å². The van der Waals surface area contributed by atoms with Crippen LogP contribution in [0.5, 0.6) is 0 Å². The Morgan fingerprint density at radius 2 is 1.60 bits per heavy atom. The Kier molecular flexibility index (Phi) is 7.00. The lowest BCUT2D eigenvalue weighted by molar-refractivity contribution is -0.115. The molecule has 7 heteroatoms. The van der Waals surface area contributed by atoms with Gasteiger partial charge in [-0.05, 0) is 48.9 Å². The van der Waals surface area contributed by atoms with Gasteiger partial charge in [-0.2, -0.15) is 0 Å². The van der Waals surface area contributed by atoms with E-state index >= 15 is 0 Å². The lowest BCUT2D eigenvalue weighted by atomic mass is 10.1. The molecule has 3 aromatic rings. The average Bonchev–Trinajstić information content (AvgIpc) is 3.26. The molecule has 154 valence electrons. The molecule has 0 saturated heterocycles. The van der Waals surface area contributed by atoms with Crippen LogP contribution in [0.15, 0.2) is 71.3 Å². The lowest BCUT2D eigenvalue weighted by Gasteiger charge is -2.08. The third-order valence-electron chi connectivity index (χ3n) is 4.32. The zero-order valence-corrected chi connectivity index (χ0v) is 16.6. The van der Waals surface area contributed by atoms with Crippen LogP contribution in [-0.2, 0) is 11.2 Å². The maximum atomic E-state index is 12.2. The Bertz CT molecular complexity index is 1010. The Labute approximate surface area is 174 Å². The maximum Gasteiger partial charge on any atom is 0.287 e. The van der Waals surface area contributed by atoms with Crippen molar-refractivity contribution in [3.05, 3.63) is 89.4 Å². The van der Waals surface area contributed by atoms with Crippen molar-refractivity contribution in [2.45, 2.75) is 13.3 Å². The third-order valence-corrected chi connectivity index (χ3v) is 4.32. The first kappa shape index (κ1) is 20.9. The highest BCUT2D eigenvalue weighted by atomic mass is 16.3. The fraction of sp³-hybridized carbons (Fsp3) is 0.174. The molecular formula is C23H23N3O4. The molecule has 3 N–H and O–H groups in total. The minimum atomic E-state index is -0.333. The SMILES string of the molecule is Cc1cccc(CC(=O)Nc2ccc(C(=O)NCCNC(=O)c3ccco3)cc2)c1. The molecule has 3 rings (SSSR count). The molecule has 1 aromatic heterocycles. The number of amides is 3. The Morgan fingerprint density at radius 1 is 0.867 bits per heavy atom. The molecule has 0 aliphatic heterocycles. The second kappa shape index (κ2) is 10.1. The summed E-state index contributed by atoms with van der Waals surface area (Å²) in [6, 6.07) is 17.6. The fourth-order valence-electron chi connectivity index (χ4n) is 2.87. The number of carbonyl (C=O) groups excluding carboxylic acids is 3. The van der Waals surface area contributed by atoms with Gasteiger partial charge in [0, 0.05) is 24.3 Å². The molecule has 0 saturated carbocycles. The van der Waals surface area contributed by atoms with Crippen LogP contribution in [0.25, 0.3) is 0 Å². The predicted molar refractivity (Wildman–Crippen MR) is 113 cm³/mol. The number of nitrogens with one attached hydrogen (secondary N) is 3. The first-order valence-corrected chi connectivity index (χ1v) is 9.56. The van der Waals surface area contributed by atoms with Crippen LogP contribution in [0.1, 0.15) is 32.0 Å². The van der Waals surface area contributed by atoms with Crippen molar-refractivity contribution in [2.24, 2.45) is 0 Å². The van der Waals surface area contributed by atoms with Crippen molar-refractivity contribution in [3.8, 4) is 0 Å². The van der Waals surface area contributed by atoms with E-state index in [1.165, 1.54) is 6.26 Å². The van der Waals surface area contributed by atoms with Crippen LogP contribution in [0.2, 0.25) is 0 Å². The summed E-state index contributed by atoms with van der Waals surface area (Å²) in [6.07, 6.45) is 1.71. The van der Waals surface area contributed by atoms with Crippen LogP contribution < -0.4 is 16.0 Å². The standard InChI is InChI=1S/C23H23N3O4/c1-16-4-2-5-17(14-16)15-21(27)26-19-9-7-18(8-10-19)22(28)24-11-12-25-23(29)20-6-3-13-30-20/h2-10,13-14H,11-12,15H2,1H3,(H,24,28)(H,25,29)(H,26,27). The molecule has 0 fully saturated rings. The normalized spacial score (nSPS) is 10.3. The highest BCUT2D eigenvalue weighted by molar-refractivity contribution is 5.96. The van der Waals surface area contributed by atoms with Crippen LogP contribution in [-0.4, -0.2) is 30.8 Å². The number of benzene rings is 2. The molecule has 0 radical (unpaired) electrons. The molecule has 0 atom stereocenters. The van der Waals surface area contributed by atoms with E-state index in [-0.39, 0.29) is 43.0 Å². The number of rotatable bonds is 8. The van der Waals surface area contributed by atoms with Crippen molar-refractivity contribution in [1.82, 2.24) is 10.6 Å². The summed E-state index contributed by atoms with van der Waals surface area (Å²) in [5, 5.41) is 8.20. The summed E-state index contributed by atoms with van der Waals surface area (Å²) in [7, 11) is 0. The summed E-state index contributed by atoms with van der Waals surface area (Å²) in [5.41, 5.74) is 3.14. The molecule has 3 amide bonds. The van der Waals surface area contributed by atoms with Gasteiger partial charge in [0.05, 0.1) is 12.7 Å². The Balaban J connectivity index is 1.42. The number of hydrogen-bond acceptors (Lipinski definition) is 4. The van der Waals surface area contributed by atoms with Crippen molar-refractivity contribution in [1.29, 1.82) is 0 Å². The Hall–Kier alpha value is -3.87. The number of carbonyl (C=O) groups is 3. The van der Waals surface area contributed by atoms with Crippen molar-refractivity contribution in [2.75, 3.05) is 18.4 Å². The van der Waals surface area contributed by atoms with Gasteiger partial charge in [-0.3, -0.25) is 14.4 Å². The molecule has 2 aromatic carbocycles. The molecule has 0 spiro atoms. The number of aryl methyl sites for hydroxylation is 1. The smallest absolute Gasteiger partial charge is 0.287 e. The van der Waals surface area contributed by atoms with Crippen LogP contribution >= 0.6 is 0 Å². The van der Waals surface area contributed by atoms with Gasteiger partial charge >= 0.3 is 0 Å². The van der Waals surface area contributed by atoms with Gasteiger partial charge in [-0.25, -0.2) is 0 Å². The van der Waals surface area contributed by atoms with Gasteiger partial charge < -0.3 is 20.4 Å². The Morgan fingerprint density at radius 3 is 2.27 bits per heavy atom.